The second-order valence-electron chi connectivity index (χ2n) is 18.1. The number of benzene rings is 2. The highest BCUT2D eigenvalue weighted by molar-refractivity contribution is 8.18. The van der Waals surface area contributed by atoms with Crippen molar-refractivity contribution in [1.29, 1.82) is 0 Å². The number of thioether (sulfide) groups is 2. The maximum absolute atomic E-state index is 13.7. The summed E-state index contributed by atoms with van der Waals surface area (Å²) in [7, 11) is -4.09. The van der Waals surface area contributed by atoms with Crippen molar-refractivity contribution in [1.82, 2.24) is 4.31 Å². The fourth-order valence-electron chi connectivity index (χ4n) is 6.56. The molecule has 53 heavy (non-hydrogen) atoms. The fourth-order valence-corrected chi connectivity index (χ4v) is 11.2. The molecule has 3 aromatic rings. The lowest BCUT2D eigenvalue weighted by molar-refractivity contribution is 0.0656. The number of furan rings is 1. The summed E-state index contributed by atoms with van der Waals surface area (Å²) < 4.78 is 40.1. The molecule has 0 spiro atoms. The van der Waals surface area contributed by atoms with Gasteiger partial charge in [0, 0.05) is 52.6 Å². The van der Waals surface area contributed by atoms with E-state index in [4.69, 9.17) is 9.15 Å². The number of aromatic hydroxyl groups is 1. The third-order valence-corrected chi connectivity index (χ3v) is 14.3. The molecule has 2 aromatic carbocycles. The molecule has 1 aromatic heterocycles. The summed E-state index contributed by atoms with van der Waals surface area (Å²) in [6.07, 6.45) is 1.44. The Morgan fingerprint density at radius 3 is 1.83 bits per heavy atom. The van der Waals surface area contributed by atoms with Crippen LogP contribution in [-0.4, -0.2) is 64.4 Å². The maximum atomic E-state index is 13.7. The quantitative estimate of drug-likeness (QED) is 0.127. The minimum absolute atomic E-state index is 0.0265. The molecule has 1 aliphatic heterocycles. The first-order chi connectivity index (χ1) is 24.2. The Labute approximate surface area is 325 Å². The van der Waals surface area contributed by atoms with Crippen LogP contribution in [0.5, 0.6) is 11.5 Å². The van der Waals surface area contributed by atoms with Gasteiger partial charge in [0.25, 0.3) is 10.0 Å². The van der Waals surface area contributed by atoms with Crippen LogP contribution >= 0.6 is 23.5 Å². The van der Waals surface area contributed by atoms with Crippen LogP contribution in [0, 0.1) is 0 Å². The molecule has 1 fully saturated rings. The molecule has 294 valence electrons. The summed E-state index contributed by atoms with van der Waals surface area (Å²) in [5.41, 5.74) is 2.64. The van der Waals surface area contributed by atoms with Crippen LogP contribution in [-0.2, 0) is 31.7 Å². The number of aliphatic hydroxyl groups is 1. The predicted molar refractivity (Wildman–Crippen MR) is 215 cm³/mol. The van der Waals surface area contributed by atoms with Gasteiger partial charge in [-0.05, 0) is 70.4 Å². The van der Waals surface area contributed by atoms with Gasteiger partial charge in [-0.3, -0.25) is 0 Å². The Hall–Kier alpha value is -2.64. The highest BCUT2D eigenvalue weighted by atomic mass is 32.2. The van der Waals surface area contributed by atoms with E-state index < -0.39 is 25.8 Å². The molecule has 1 aliphatic rings. The highest BCUT2D eigenvalue weighted by Crippen LogP contribution is 2.57. The number of hydrogen-bond donors (Lipinski definition) is 3. The average molecular weight is 790 g/mol. The largest absolute Gasteiger partial charge is 0.507 e. The minimum Gasteiger partial charge on any atom is -0.507 e. The maximum Gasteiger partial charge on any atom is 0.371 e. The first-order valence-electron chi connectivity index (χ1n) is 18.2. The van der Waals surface area contributed by atoms with E-state index in [-0.39, 0.29) is 46.4 Å². The summed E-state index contributed by atoms with van der Waals surface area (Å²) in [6.45, 7) is 26.3. The molecule has 3 N–H and O–H groups in total. The van der Waals surface area contributed by atoms with Crippen LogP contribution in [0.15, 0.2) is 55.7 Å². The number of aromatic carboxylic acids is 1. The zero-order chi connectivity index (χ0) is 39.9. The van der Waals surface area contributed by atoms with Crippen molar-refractivity contribution in [3.63, 3.8) is 0 Å². The van der Waals surface area contributed by atoms with Crippen LogP contribution < -0.4 is 4.74 Å². The number of carboxylic acid groups (broad SMARTS) is 1. The van der Waals surface area contributed by atoms with E-state index in [1.807, 2.05) is 0 Å². The van der Waals surface area contributed by atoms with Crippen molar-refractivity contribution in [2.24, 2.45) is 0 Å². The molecule has 0 bridgehead atoms. The van der Waals surface area contributed by atoms with Gasteiger partial charge < -0.3 is 24.5 Å². The number of ether oxygens (including phenoxy) is 1. The van der Waals surface area contributed by atoms with Gasteiger partial charge in [-0.1, -0.05) is 89.2 Å². The molecule has 0 radical (unpaired) electrons. The summed E-state index contributed by atoms with van der Waals surface area (Å²) in [4.78, 5) is 13.5. The zero-order valence-electron chi connectivity index (χ0n) is 33.5. The average Bonchev–Trinajstić information content (AvgIpc) is 3.52. The Balaban J connectivity index is 1.89. The van der Waals surface area contributed by atoms with E-state index >= 15 is 0 Å². The van der Waals surface area contributed by atoms with Gasteiger partial charge in [0.15, 0.2) is 0 Å². The van der Waals surface area contributed by atoms with Crippen molar-refractivity contribution in [2.45, 2.75) is 143 Å². The molecule has 2 heterocycles. The zero-order valence-corrected chi connectivity index (χ0v) is 35.9. The number of piperidine rings is 1. The summed E-state index contributed by atoms with van der Waals surface area (Å²) in [5.74, 6) is -0.635. The van der Waals surface area contributed by atoms with Crippen LogP contribution in [0.4, 0.5) is 0 Å². The van der Waals surface area contributed by atoms with Gasteiger partial charge in [0.1, 0.15) is 11.5 Å². The van der Waals surface area contributed by atoms with Crippen molar-refractivity contribution in [2.75, 3.05) is 26.3 Å². The number of aliphatic hydroxyl groups excluding tert-OH is 1. The Bertz CT molecular complexity index is 1860. The van der Waals surface area contributed by atoms with Gasteiger partial charge in [0.05, 0.1) is 10.7 Å². The molecule has 9 nitrogen and oxygen atoms in total. The van der Waals surface area contributed by atoms with Crippen molar-refractivity contribution < 1.29 is 37.7 Å². The fraction of sp³-hybridized carbons (Fsp3) is 0.585. The number of carbonyl (C=O) groups is 1. The SMILES string of the molecule is CC(C)(C)c1cc(SC2(Sc3ccc(C(C)(C)C)c(OCCCO)c3C(C)(C)C)CCN(S(=O)(=O)c3ccc(C(=O)O)o3)CC2)cc(C(C)(C)C)c1O. The first-order valence-corrected chi connectivity index (χ1v) is 21.3. The molecular weight excluding hydrogens is 731 g/mol. The Morgan fingerprint density at radius 1 is 0.830 bits per heavy atom. The van der Waals surface area contributed by atoms with E-state index in [0.717, 1.165) is 43.9 Å². The summed E-state index contributed by atoms with van der Waals surface area (Å²) in [5, 5.41) is 30.1. The number of nitrogens with zero attached hydrogens (tertiary/aromatic N) is 1. The van der Waals surface area contributed by atoms with Gasteiger partial charge in [-0.25, -0.2) is 13.2 Å². The van der Waals surface area contributed by atoms with Crippen LogP contribution in [0.25, 0.3) is 0 Å². The van der Waals surface area contributed by atoms with Gasteiger partial charge in [0.2, 0.25) is 10.9 Å². The Kier molecular flexibility index (Phi) is 12.6. The molecule has 0 aliphatic carbocycles. The van der Waals surface area contributed by atoms with Crippen molar-refractivity contribution >= 4 is 39.5 Å². The van der Waals surface area contributed by atoms with E-state index in [0.29, 0.717) is 31.6 Å². The molecule has 0 amide bonds. The molecule has 0 saturated carbocycles. The summed E-state index contributed by atoms with van der Waals surface area (Å²) >= 11 is 3.43. The van der Waals surface area contributed by atoms with Crippen LogP contribution in [0.2, 0.25) is 0 Å². The lowest BCUT2D eigenvalue weighted by atomic mass is 9.79. The third-order valence-electron chi connectivity index (χ3n) is 9.40. The van der Waals surface area contributed by atoms with E-state index in [1.54, 1.807) is 23.5 Å². The second-order valence-corrected chi connectivity index (χ2v) is 23.1. The molecule has 1 saturated heterocycles. The topological polar surface area (TPSA) is 138 Å². The lowest BCUT2D eigenvalue weighted by Crippen LogP contribution is -2.43. The standard InChI is InChI=1S/C41H59NO8S3/c1-37(2,3)27-14-16-31(33(40(10,11)12)35(27)49-23-13-22-43)52-41(51-26-24-28(38(4,5)6)34(44)29(25-26)39(7,8)9)18-20-42(21-19-41)53(47,48)32-17-15-30(50-32)36(45)46/h14-17,24-25,43-44H,13,18-23H2,1-12H3,(H,45,46). The predicted octanol–water partition coefficient (Wildman–Crippen LogP) is 9.70. The van der Waals surface area contributed by atoms with Crippen LogP contribution in [0.1, 0.15) is 135 Å². The second kappa shape index (κ2) is 15.5. The number of sulfonamides is 1. The molecule has 12 heteroatoms. The highest BCUT2D eigenvalue weighted by Gasteiger charge is 2.43. The first kappa shape index (κ1) is 43.1. The number of hydrogen-bond acceptors (Lipinski definition) is 9. The van der Waals surface area contributed by atoms with Crippen molar-refractivity contribution in [3.05, 3.63) is 64.4 Å². The van der Waals surface area contributed by atoms with Crippen molar-refractivity contribution in [3.8, 4) is 11.5 Å². The molecule has 4 rings (SSSR count). The van der Waals surface area contributed by atoms with Gasteiger partial charge >= 0.3 is 5.97 Å². The number of carboxylic acids is 1. The van der Waals surface area contributed by atoms with E-state index in [9.17, 15) is 28.5 Å². The smallest absolute Gasteiger partial charge is 0.371 e. The van der Waals surface area contributed by atoms with Gasteiger partial charge in [-0.15, -0.1) is 23.5 Å². The van der Waals surface area contributed by atoms with Gasteiger partial charge in [-0.2, -0.15) is 4.31 Å². The molecule has 0 unspecified atom stereocenters. The van der Waals surface area contributed by atoms with E-state index in [2.05, 4.69) is 107 Å². The molecule has 0 atom stereocenters. The minimum atomic E-state index is -4.09. The molecular formula is C41H59NO8S3. The van der Waals surface area contributed by atoms with Crippen LogP contribution in [0.3, 0.4) is 0 Å². The number of phenolic OH excluding ortho intramolecular Hbond substituents is 1. The summed E-state index contributed by atoms with van der Waals surface area (Å²) in [6, 6.07) is 10.8. The number of phenols is 1. The monoisotopic (exact) mass is 789 g/mol. The third kappa shape index (κ3) is 9.79. The normalized spacial score (nSPS) is 16.2. The van der Waals surface area contributed by atoms with E-state index in [1.165, 1.54) is 10.4 Å². The Morgan fingerprint density at radius 2 is 1.38 bits per heavy atom. The lowest BCUT2D eigenvalue weighted by Gasteiger charge is -2.42. The number of rotatable bonds is 11.